The molecule has 1 N–H and O–H groups in total. The zero-order chi connectivity index (χ0) is 12.2. The summed E-state index contributed by atoms with van der Waals surface area (Å²) in [6.07, 6.45) is 1.55. The van der Waals surface area contributed by atoms with E-state index in [2.05, 4.69) is 9.71 Å². The second-order valence-corrected chi connectivity index (χ2v) is 5.89. The molecule has 0 aliphatic rings. The molecule has 1 aromatic rings. The van der Waals surface area contributed by atoms with Gasteiger partial charge in [-0.25, -0.2) is 13.4 Å². The van der Waals surface area contributed by atoms with Crippen LogP contribution in [0.15, 0.2) is 18.3 Å². The van der Waals surface area contributed by atoms with Crippen LogP contribution in [0.4, 0.5) is 5.82 Å². The second kappa shape index (κ2) is 5.50. The Morgan fingerprint density at radius 2 is 2.25 bits per heavy atom. The molecular weight excluding hydrogens is 248 g/mol. The number of alkyl halides is 1. The lowest BCUT2D eigenvalue weighted by Gasteiger charge is -2.11. The molecule has 0 aliphatic heterocycles. The predicted octanol–water partition coefficient (Wildman–Crippen LogP) is 2.01. The normalized spacial score (nSPS) is 13.4. The van der Waals surface area contributed by atoms with Crippen molar-refractivity contribution >= 4 is 27.4 Å². The lowest BCUT2D eigenvalue weighted by molar-refractivity contribution is 0.588. The molecule has 4 nitrogen and oxygen atoms in total. The van der Waals surface area contributed by atoms with Crippen molar-refractivity contribution in [3.8, 4) is 0 Å². The zero-order valence-corrected chi connectivity index (χ0v) is 10.8. The number of sulfonamides is 1. The average molecular weight is 263 g/mol. The summed E-state index contributed by atoms with van der Waals surface area (Å²) in [4.78, 5) is 3.97. The molecule has 0 spiro atoms. The van der Waals surface area contributed by atoms with Crippen LogP contribution < -0.4 is 4.72 Å². The van der Waals surface area contributed by atoms with Gasteiger partial charge in [0.15, 0.2) is 0 Å². The average Bonchev–Trinajstić information content (AvgIpc) is 2.20. The molecule has 90 valence electrons. The Labute approximate surface area is 101 Å². The highest BCUT2D eigenvalue weighted by atomic mass is 35.5. The van der Waals surface area contributed by atoms with Gasteiger partial charge in [0, 0.05) is 12.1 Å². The maximum absolute atomic E-state index is 11.7. The van der Waals surface area contributed by atoms with E-state index in [0.29, 0.717) is 11.7 Å². The summed E-state index contributed by atoms with van der Waals surface area (Å²) in [5.41, 5.74) is 0.796. The van der Waals surface area contributed by atoms with Gasteiger partial charge in [-0.2, -0.15) is 0 Å². The number of hydrogen-bond acceptors (Lipinski definition) is 3. The molecule has 1 atom stereocenters. The first kappa shape index (κ1) is 13.3. The zero-order valence-electron chi connectivity index (χ0n) is 9.27. The number of nitrogens with zero attached hydrogens (tertiary/aromatic N) is 1. The fourth-order valence-corrected chi connectivity index (χ4v) is 2.90. The quantitative estimate of drug-likeness (QED) is 0.826. The minimum absolute atomic E-state index is 0.00646. The van der Waals surface area contributed by atoms with Gasteiger partial charge in [0.1, 0.15) is 5.82 Å². The third kappa shape index (κ3) is 3.98. The molecule has 0 saturated heterocycles. The van der Waals surface area contributed by atoms with Crippen LogP contribution in [0.5, 0.6) is 0 Å². The third-order valence-corrected chi connectivity index (χ3v) is 4.07. The van der Waals surface area contributed by atoms with E-state index in [0.717, 1.165) is 5.56 Å². The third-order valence-electron chi connectivity index (χ3n) is 2.03. The molecule has 0 radical (unpaired) electrons. The van der Waals surface area contributed by atoms with E-state index >= 15 is 0 Å². The maximum atomic E-state index is 11.7. The molecule has 0 bridgehead atoms. The lowest BCUT2D eigenvalue weighted by atomic mass is 10.3. The van der Waals surface area contributed by atoms with Crippen molar-refractivity contribution in [3.05, 3.63) is 23.9 Å². The van der Waals surface area contributed by atoms with Crippen LogP contribution in [0, 0.1) is 12.8 Å². The van der Waals surface area contributed by atoms with Gasteiger partial charge in [0.25, 0.3) is 0 Å². The number of halogens is 1. The van der Waals surface area contributed by atoms with Crippen molar-refractivity contribution in [2.24, 2.45) is 5.92 Å². The fraction of sp³-hybridized carbons (Fsp3) is 0.500. The van der Waals surface area contributed by atoms with Crippen molar-refractivity contribution in [1.82, 2.24) is 4.98 Å². The Morgan fingerprint density at radius 3 is 2.81 bits per heavy atom. The van der Waals surface area contributed by atoms with Crippen molar-refractivity contribution in [2.75, 3.05) is 16.4 Å². The topological polar surface area (TPSA) is 59.1 Å². The van der Waals surface area contributed by atoms with E-state index in [1.807, 2.05) is 0 Å². The largest absolute Gasteiger partial charge is 0.267 e. The minimum atomic E-state index is -3.37. The molecule has 1 aromatic heterocycles. The first-order chi connectivity index (χ1) is 7.44. The highest BCUT2D eigenvalue weighted by molar-refractivity contribution is 7.92. The van der Waals surface area contributed by atoms with E-state index in [-0.39, 0.29) is 11.7 Å². The number of rotatable bonds is 5. The van der Waals surface area contributed by atoms with Gasteiger partial charge in [-0.15, -0.1) is 11.6 Å². The summed E-state index contributed by atoms with van der Waals surface area (Å²) in [5.74, 6) is 0.627. The Balaban J connectivity index is 2.77. The minimum Gasteiger partial charge on any atom is -0.267 e. The predicted molar refractivity (Wildman–Crippen MR) is 66.3 cm³/mol. The summed E-state index contributed by atoms with van der Waals surface area (Å²) >= 11 is 5.58. The van der Waals surface area contributed by atoms with Crippen LogP contribution in [0.25, 0.3) is 0 Å². The van der Waals surface area contributed by atoms with Crippen LogP contribution in [0.3, 0.4) is 0 Å². The van der Waals surface area contributed by atoms with Gasteiger partial charge >= 0.3 is 0 Å². The monoisotopic (exact) mass is 262 g/mol. The molecule has 1 heterocycles. The van der Waals surface area contributed by atoms with Crippen molar-refractivity contribution < 1.29 is 8.42 Å². The van der Waals surface area contributed by atoms with E-state index in [1.54, 1.807) is 32.2 Å². The summed E-state index contributed by atoms with van der Waals surface area (Å²) in [6, 6.07) is 3.56. The van der Waals surface area contributed by atoms with Crippen LogP contribution in [0.2, 0.25) is 0 Å². The summed E-state index contributed by atoms with van der Waals surface area (Å²) < 4.78 is 25.9. The van der Waals surface area contributed by atoms with E-state index < -0.39 is 10.0 Å². The number of pyridine rings is 1. The Hall–Kier alpha value is -0.810. The standard InChI is InChI=1S/C10H15ClN2O2S/c1-8(6-11)7-16(14,15)13-10-9(2)4-3-5-12-10/h3-5,8H,6-7H2,1-2H3,(H,12,13). The summed E-state index contributed by atoms with van der Waals surface area (Å²) in [6.45, 7) is 3.59. The fourth-order valence-electron chi connectivity index (χ4n) is 1.20. The van der Waals surface area contributed by atoms with Gasteiger partial charge in [-0.05, 0) is 24.5 Å². The molecule has 16 heavy (non-hydrogen) atoms. The molecule has 1 rings (SSSR count). The molecule has 0 aromatic carbocycles. The van der Waals surface area contributed by atoms with Gasteiger partial charge in [-0.1, -0.05) is 13.0 Å². The molecular formula is C10H15ClN2O2S. The molecule has 0 saturated carbocycles. The Kier molecular flexibility index (Phi) is 4.56. The van der Waals surface area contributed by atoms with E-state index in [9.17, 15) is 8.42 Å². The second-order valence-electron chi connectivity index (χ2n) is 3.81. The van der Waals surface area contributed by atoms with Crippen molar-refractivity contribution in [2.45, 2.75) is 13.8 Å². The molecule has 0 amide bonds. The SMILES string of the molecule is Cc1cccnc1NS(=O)(=O)CC(C)CCl. The smallest absolute Gasteiger partial charge is 0.234 e. The molecule has 1 unspecified atom stereocenters. The first-order valence-corrected chi connectivity index (χ1v) is 7.11. The highest BCUT2D eigenvalue weighted by Crippen LogP contribution is 2.13. The maximum Gasteiger partial charge on any atom is 0.234 e. The lowest BCUT2D eigenvalue weighted by Crippen LogP contribution is -2.23. The van der Waals surface area contributed by atoms with Crippen LogP contribution in [0.1, 0.15) is 12.5 Å². The van der Waals surface area contributed by atoms with Crippen LogP contribution >= 0.6 is 11.6 Å². The molecule has 0 aliphatic carbocycles. The number of aryl methyl sites for hydroxylation is 1. The number of nitrogens with one attached hydrogen (secondary N) is 1. The van der Waals surface area contributed by atoms with Crippen LogP contribution in [-0.2, 0) is 10.0 Å². The van der Waals surface area contributed by atoms with Crippen molar-refractivity contribution in [3.63, 3.8) is 0 Å². The number of anilines is 1. The van der Waals surface area contributed by atoms with E-state index in [4.69, 9.17) is 11.6 Å². The van der Waals surface area contributed by atoms with Crippen LogP contribution in [-0.4, -0.2) is 25.0 Å². The van der Waals surface area contributed by atoms with Gasteiger partial charge in [0.2, 0.25) is 10.0 Å². The Bertz CT molecular complexity index is 448. The molecule has 0 fully saturated rings. The number of hydrogen-bond donors (Lipinski definition) is 1. The summed E-state index contributed by atoms with van der Waals surface area (Å²) in [5, 5.41) is 0. The van der Waals surface area contributed by atoms with Crippen molar-refractivity contribution in [1.29, 1.82) is 0 Å². The summed E-state index contributed by atoms with van der Waals surface area (Å²) in [7, 11) is -3.37. The Morgan fingerprint density at radius 1 is 1.56 bits per heavy atom. The van der Waals surface area contributed by atoms with Gasteiger partial charge < -0.3 is 0 Å². The highest BCUT2D eigenvalue weighted by Gasteiger charge is 2.16. The first-order valence-electron chi connectivity index (χ1n) is 4.92. The number of aromatic nitrogens is 1. The van der Waals surface area contributed by atoms with Gasteiger partial charge in [-0.3, -0.25) is 4.72 Å². The molecule has 6 heteroatoms. The van der Waals surface area contributed by atoms with Gasteiger partial charge in [0.05, 0.1) is 5.75 Å². The van der Waals surface area contributed by atoms with E-state index in [1.165, 1.54) is 0 Å².